The number of ether oxygens (including phenoxy) is 2. The van der Waals surface area contributed by atoms with Crippen LogP contribution in [0.4, 0.5) is 5.69 Å². The Kier molecular flexibility index (Phi) is 6.82. The van der Waals surface area contributed by atoms with Crippen molar-refractivity contribution < 1.29 is 17.9 Å². The third-order valence-corrected chi connectivity index (χ3v) is 10.3. The number of hydrogen-bond acceptors (Lipinski definition) is 4. The molecule has 7 heteroatoms. The zero-order valence-electron chi connectivity index (χ0n) is 19.7. The lowest BCUT2D eigenvalue weighted by Crippen LogP contribution is -2.43. The minimum Gasteiger partial charge on any atom is -0.353 e. The normalized spacial score (nSPS) is 19.2. The van der Waals surface area contributed by atoms with E-state index in [-0.39, 0.29) is 6.29 Å². The molecular weight excluding hydrogens is 438 g/mol. The molecule has 4 rings (SSSR count). The van der Waals surface area contributed by atoms with E-state index in [0.717, 1.165) is 50.0 Å². The van der Waals surface area contributed by atoms with Gasteiger partial charge in [0.25, 0.3) is 10.0 Å². The largest absolute Gasteiger partial charge is 0.353 e. The summed E-state index contributed by atoms with van der Waals surface area (Å²) in [6.07, 6.45) is 4.63. The summed E-state index contributed by atoms with van der Waals surface area (Å²) in [7, 11) is -5.36. The van der Waals surface area contributed by atoms with Gasteiger partial charge >= 0.3 is 0 Å². The molecule has 1 atom stereocenters. The monoisotopic (exact) mass is 473 g/mol. The summed E-state index contributed by atoms with van der Waals surface area (Å²) < 4.78 is 40.6. The summed E-state index contributed by atoms with van der Waals surface area (Å²) >= 11 is 0. The van der Waals surface area contributed by atoms with E-state index in [1.165, 1.54) is 16.3 Å². The van der Waals surface area contributed by atoms with Crippen LogP contribution >= 0.6 is 0 Å². The Bertz CT molecular complexity index is 1050. The first-order valence-corrected chi connectivity index (χ1v) is 16.6. The number of hydrogen-bond donors (Lipinski definition) is 0. The van der Waals surface area contributed by atoms with E-state index in [2.05, 4.69) is 31.8 Å². The number of aryl methyl sites for hydroxylation is 1. The summed E-state index contributed by atoms with van der Waals surface area (Å²) in [5.74, 6) is 0. The lowest BCUT2D eigenvalue weighted by molar-refractivity contribution is -0.161. The van der Waals surface area contributed by atoms with E-state index in [0.29, 0.717) is 18.0 Å². The summed E-state index contributed by atoms with van der Waals surface area (Å²) in [5.41, 5.74) is 4.35. The standard InChI is InChI=1S/C25H35NO4SSi/c1-19-8-11-21(12-9-19)31(27,28)26-16-14-22-20(10-13-23(25(22)26)32(2,3)4)15-18-30-24-7-5-6-17-29-24/h8-13,24H,5-7,14-18H2,1-4H3. The molecule has 174 valence electrons. The highest BCUT2D eigenvalue weighted by molar-refractivity contribution is 7.92. The maximum atomic E-state index is 13.6. The van der Waals surface area contributed by atoms with E-state index in [9.17, 15) is 8.42 Å². The fourth-order valence-corrected chi connectivity index (χ4v) is 7.80. The van der Waals surface area contributed by atoms with Crippen LogP contribution in [0.1, 0.15) is 36.0 Å². The van der Waals surface area contributed by atoms with Gasteiger partial charge < -0.3 is 9.47 Å². The van der Waals surface area contributed by atoms with Crippen LogP contribution in [0, 0.1) is 6.92 Å². The molecule has 0 bridgehead atoms. The van der Waals surface area contributed by atoms with E-state index >= 15 is 0 Å². The Morgan fingerprint density at radius 1 is 1.09 bits per heavy atom. The average Bonchev–Trinajstić information content (AvgIpc) is 3.20. The number of rotatable bonds is 7. The second-order valence-electron chi connectivity index (χ2n) is 9.91. The molecule has 2 heterocycles. The second-order valence-corrected chi connectivity index (χ2v) is 16.8. The maximum absolute atomic E-state index is 13.6. The number of nitrogens with zero attached hydrogens (tertiary/aromatic N) is 1. The molecule has 0 radical (unpaired) electrons. The zero-order chi connectivity index (χ0) is 22.9. The molecule has 0 spiro atoms. The summed E-state index contributed by atoms with van der Waals surface area (Å²) in [6.45, 7) is 10.7. The third-order valence-electron chi connectivity index (χ3n) is 6.42. The zero-order valence-corrected chi connectivity index (χ0v) is 21.5. The summed E-state index contributed by atoms with van der Waals surface area (Å²) in [5, 5.41) is 1.21. The second kappa shape index (κ2) is 9.29. The van der Waals surface area contributed by atoms with Gasteiger partial charge in [0.2, 0.25) is 0 Å². The predicted molar refractivity (Wildman–Crippen MR) is 132 cm³/mol. The molecule has 1 fully saturated rings. The summed E-state index contributed by atoms with van der Waals surface area (Å²) in [4.78, 5) is 0.362. The first kappa shape index (κ1) is 23.5. The van der Waals surface area contributed by atoms with Crippen LogP contribution < -0.4 is 9.49 Å². The van der Waals surface area contributed by atoms with E-state index in [1.54, 1.807) is 16.4 Å². The van der Waals surface area contributed by atoms with Crippen molar-refractivity contribution in [3.05, 3.63) is 53.1 Å². The molecule has 32 heavy (non-hydrogen) atoms. The van der Waals surface area contributed by atoms with Crippen LogP contribution in [0.2, 0.25) is 19.6 Å². The van der Waals surface area contributed by atoms with Gasteiger partial charge in [-0.2, -0.15) is 0 Å². The molecule has 5 nitrogen and oxygen atoms in total. The SMILES string of the molecule is Cc1ccc(S(=O)(=O)N2CCc3c(CCOC4CCCCO4)ccc([Si](C)(C)C)c32)cc1. The Balaban J connectivity index is 1.65. The van der Waals surface area contributed by atoms with Crippen LogP contribution in [-0.2, 0) is 32.3 Å². The van der Waals surface area contributed by atoms with Crippen molar-refractivity contribution in [2.24, 2.45) is 0 Å². The van der Waals surface area contributed by atoms with E-state index in [1.807, 2.05) is 19.1 Å². The van der Waals surface area contributed by atoms with Crippen molar-refractivity contribution in [3.8, 4) is 0 Å². The molecule has 0 aromatic heterocycles. The maximum Gasteiger partial charge on any atom is 0.264 e. The molecule has 1 saturated heterocycles. The molecule has 2 aliphatic heterocycles. The lowest BCUT2D eigenvalue weighted by atomic mass is 10.0. The Hall–Kier alpha value is -1.67. The highest BCUT2D eigenvalue weighted by Gasteiger charge is 2.37. The summed E-state index contributed by atoms with van der Waals surface area (Å²) in [6, 6.07) is 11.5. The van der Waals surface area contributed by atoms with Crippen LogP contribution in [0.3, 0.4) is 0 Å². The number of anilines is 1. The van der Waals surface area contributed by atoms with Crippen molar-refractivity contribution in [3.63, 3.8) is 0 Å². The van der Waals surface area contributed by atoms with Crippen molar-refractivity contribution in [1.29, 1.82) is 0 Å². The molecular formula is C25H35NO4SSi. The van der Waals surface area contributed by atoms with Gasteiger partial charge in [0.05, 0.1) is 25.3 Å². The molecule has 2 aliphatic rings. The lowest BCUT2D eigenvalue weighted by Gasteiger charge is -2.28. The molecule has 1 unspecified atom stereocenters. The Labute approximate surface area is 193 Å². The molecule has 2 aromatic rings. The van der Waals surface area contributed by atoms with Crippen molar-refractivity contribution in [2.45, 2.75) is 69.9 Å². The van der Waals surface area contributed by atoms with Crippen molar-refractivity contribution in [2.75, 3.05) is 24.1 Å². The first-order chi connectivity index (χ1) is 15.2. The molecule has 0 aliphatic carbocycles. The van der Waals surface area contributed by atoms with Gasteiger partial charge in [-0.1, -0.05) is 49.5 Å². The van der Waals surface area contributed by atoms with Gasteiger partial charge in [-0.3, -0.25) is 4.31 Å². The molecule has 0 N–H and O–H groups in total. The quantitative estimate of drug-likeness (QED) is 0.560. The average molecular weight is 474 g/mol. The predicted octanol–water partition coefficient (Wildman–Crippen LogP) is 4.38. The van der Waals surface area contributed by atoms with Gasteiger partial charge in [-0.05, 0) is 67.5 Å². The van der Waals surface area contributed by atoms with Crippen LogP contribution in [-0.4, -0.2) is 42.5 Å². The van der Waals surface area contributed by atoms with Gasteiger partial charge in [0.15, 0.2) is 6.29 Å². The Morgan fingerprint density at radius 3 is 2.50 bits per heavy atom. The fraction of sp³-hybridized carbons (Fsp3) is 0.520. The molecule has 2 aromatic carbocycles. The number of fused-ring (bicyclic) bond motifs is 1. The van der Waals surface area contributed by atoms with E-state index in [4.69, 9.17) is 9.47 Å². The van der Waals surface area contributed by atoms with Gasteiger partial charge in [-0.15, -0.1) is 0 Å². The highest BCUT2D eigenvalue weighted by atomic mass is 32.2. The van der Waals surface area contributed by atoms with Crippen molar-refractivity contribution in [1.82, 2.24) is 0 Å². The minimum absolute atomic E-state index is 0.100. The van der Waals surface area contributed by atoms with E-state index < -0.39 is 18.1 Å². The van der Waals surface area contributed by atoms with Crippen molar-refractivity contribution >= 4 is 29.0 Å². The first-order valence-electron chi connectivity index (χ1n) is 11.7. The Morgan fingerprint density at radius 2 is 1.84 bits per heavy atom. The molecule has 0 saturated carbocycles. The highest BCUT2D eigenvalue weighted by Crippen LogP contribution is 2.35. The van der Waals surface area contributed by atoms with Crippen LogP contribution in [0.25, 0.3) is 0 Å². The molecule has 0 amide bonds. The van der Waals surface area contributed by atoms with Gasteiger partial charge in [-0.25, -0.2) is 8.42 Å². The number of benzene rings is 2. The smallest absolute Gasteiger partial charge is 0.264 e. The minimum atomic E-state index is -3.60. The fourth-order valence-electron chi connectivity index (χ4n) is 4.63. The van der Waals surface area contributed by atoms with Gasteiger partial charge in [0, 0.05) is 13.2 Å². The van der Waals surface area contributed by atoms with Gasteiger partial charge in [0.1, 0.15) is 0 Å². The third kappa shape index (κ3) is 4.81. The van der Waals surface area contributed by atoms with Crippen LogP contribution in [0.15, 0.2) is 41.3 Å². The van der Waals surface area contributed by atoms with Crippen LogP contribution in [0.5, 0.6) is 0 Å². The topological polar surface area (TPSA) is 55.8 Å². The number of sulfonamides is 1.